The van der Waals surface area contributed by atoms with Crippen LogP contribution in [0, 0.1) is 0 Å². The van der Waals surface area contributed by atoms with Gasteiger partial charge in [0.25, 0.3) is 0 Å². The fourth-order valence-electron chi connectivity index (χ4n) is 0.757. The molecule has 14 heavy (non-hydrogen) atoms. The van der Waals surface area contributed by atoms with Crippen LogP contribution >= 0.6 is 0 Å². The van der Waals surface area contributed by atoms with Crippen molar-refractivity contribution in [2.45, 2.75) is 6.55 Å². The Morgan fingerprint density at radius 1 is 0.857 bits per heavy atom. The van der Waals surface area contributed by atoms with Gasteiger partial charge < -0.3 is 0 Å². The molecule has 74 valence electrons. The molecule has 0 atom stereocenters. The summed E-state index contributed by atoms with van der Waals surface area (Å²) in [7, 11) is -2.07. The highest BCUT2D eigenvalue weighted by Gasteiger charge is 2.24. The number of rotatable bonds is 6. The van der Waals surface area contributed by atoms with Crippen molar-refractivity contribution >= 4 is 8.07 Å². The van der Waals surface area contributed by atoms with Crippen molar-refractivity contribution in [1.82, 2.24) is 0 Å². The molecule has 0 rings (SSSR count). The van der Waals surface area contributed by atoms with Crippen molar-refractivity contribution in [2.75, 3.05) is 18.5 Å². The summed E-state index contributed by atoms with van der Waals surface area (Å²) in [5.74, 6) is 0. The van der Waals surface area contributed by atoms with Crippen LogP contribution in [-0.4, -0.2) is 26.6 Å². The molecule has 9 nitrogen and oxygen atoms in total. The summed E-state index contributed by atoms with van der Waals surface area (Å²) < 4.78 is 0. The van der Waals surface area contributed by atoms with Crippen LogP contribution < -0.4 is 0 Å². The lowest BCUT2D eigenvalue weighted by molar-refractivity contribution is 1.09. The first-order chi connectivity index (χ1) is 6.68. The Hall–Kier alpha value is -1.85. The molecular formula is C4H9N9Si. The highest BCUT2D eigenvalue weighted by atomic mass is 28.3. The average molecular weight is 211 g/mol. The van der Waals surface area contributed by atoms with Crippen LogP contribution in [-0.2, 0) is 0 Å². The van der Waals surface area contributed by atoms with E-state index in [-0.39, 0.29) is 18.5 Å². The minimum Gasteiger partial charge on any atom is -0.0969 e. The second-order valence-electron chi connectivity index (χ2n) is 2.98. The lowest BCUT2D eigenvalue weighted by atomic mass is 11.4. The SMILES string of the molecule is C[Si](CN=[N+]=[N-])(CN=[N+]=[N-])CN=[N+]=[N-]. The summed E-state index contributed by atoms with van der Waals surface area (Å²) in [4.78, 5) is 7.88. The maximum atomic E-state index is 8.15. The van der Waals surface area contributed by atoms with Crippen molar-refractivity contribution in [3.8, 4) is 0 Å². The molecule has 0 N–H and O–H groups in total. The topological polar surface area (TPSA) is 146 Å². The number of hydrogen-bond acceptors (Lipinski definition) is 3. The van der Waals surface area contributed by atoms with Crippen molar-refractivity contribution in [2.24, 2.45) is 15.3 Å². The summed E-state index contributed by atoms with van der Waals surface area (Å²) in [6, 6.07) is 0. The summed E-state index contributed by atoms with van der Waals surface area (Å²) in [5, 5.41) is 10.3. The van der Waals surface area contributed by atoms with Crippen LogP contribution in [0.1, 0.15) is 0 Å². The Bertz CT molecular complexity index is 267. The zero-order valence-corrected chi connectivity index (χ0v) is 8.65. The second-order valence-corrected chi connectivity index (χ2v) is 7.55. The Balaban J connectivity index is 4.53. The molecule has 0 aliphatic carbocycles. The van der Waals surface area contributed by atoms with Gasteiger partial charge in [-0.2, -0.15) is 0 Å². The van der Waals surface area contributed by atoms with Crippen LogP contribution in [0.3, 0.4) is 0 Å². The van der Waals surface area contributed by atoms with E-state index in [9.17, 15) is 0 Å². The summed E-state index contributed by atoms with van der Waals surface area (Å²) in [6.07, 6.45) is 0.796. The normalized spacial score (nSPS) is 12.6. The summed E-state index contributed by atoms with van der Waals surface area (Å²) in [6.45, 7) is 1.85. The molecule has 0 unspecified atom stereocenters. The average Bonchev–Trinajstić information content (AvgIpc) is 2.21. The first-order valence-electron chi connectivity index (χ1n) is 3.71. The van der Waals surface area contributed by atoms with Crippen molar-refractivity contribution < 1.29 is 0 Å². The van der Waals surface area contributed by atoms with Crippen LogP contribution in [0.2, 0.25) is 6.55 Å². The highest BCUT2D eigenvalue weighted by Crippen LogP contribution is 2.05. The van der Waals surface area contributed by atoms with E-state index in [1.165, 1.54) is 0 Å². The number of nitrogens with zero attached hydrogens (tertiary/aromatic N) is 9. The van der Waals surface area contributed by atoms with Gasteiger partial charge >= 0.3 is 0 Å². The molecular weight excluding hydrogens is 202 g/mol. The molecule has 0 aromatic rings. The Kier molecular flexibility index (Phi) is 5.76. The Morgan fingerprint density at radius 3 is 1.36 bits per heavy atom. The van der Waals surface area contributed by atoms with Gasteiger partial charge in [-0.3, -0.25) is 0 Å². The van der Waals surface area contributed by atoms with Gasteiger partial charge in [-0.15, -0.1) is 0 Å². The summed E-state index contributed by atoms with van der Waals surface area (Å²) in [5.41, 5.74) is 24.5. The van der Waals surface area contributed by atoms with Crippen LogP contribution in [0.25, 0.3) is 31.3 Å². The van der Waals surface area contributed by atoms with E-state index in [1.807, 2.05) is 6.55 Å². The maximum absolute atomic E-state index is 8.15. The van der Waals surface area contributed by atoms with Gasteiger partial charge in [0, 0.05) is 33.2 Å². The third-order valence-corrected chi connectivity index (χ3v) is 4.26. The first kappa shape index (κ1) is 12.1. The van der Waals surface area contributed by atoms with E-state index in [1.54, 1.807) is 0 Å². The number of azide groups is 3. The molecule has 0 saturated carbocycles. The van der Waals surface area contributed by atoms with Gasteiger partial charge in [0.15, 0.2) is 0 Å². The quantitative estimate of drug-likeness (QED) is 0.275. The minimum absolute atomic E-state index is 0.265. The smallest absolute Gasteiger partial charge is 0.0707 e. The zero-order chi connectivity index (χ0) is 10.9. The number of hydrogen-bond donors (Lipinski definition) is 0. The molecule has 0 fully saturated rings. The predicted molar refractivity (Wildman–Crippen MR) is 53.7 cm³/mol. The molecule has 10 heteroatoms. The highest BCUT2D eigenvalue weighted by molar-refractivity contribution is 6.79. The van der Waals surface area contributed by atoms with Crippen molar-refractivity contribution in [3.05, 3.63) is 31.3 Å². The van der Waals surface area contributed by atoms with Crippen LogP contribution in [0.15, 0.2) is 15.3 Å². The molecule has 0 aromatic heterocycles. The Labute approximate surface area is 80.6 Å². The van der Waals surface area contributed by atoms with E-state index in [0.717, 1.165) is 0 Å². The van der Waals surface area contributed by atoms with E-state index >= 15 is 0 Å². The van der Waals surface area contributed by atoms with Crippen molar-refractivity contribution in [1.29, 1.82) is 0 Å². The third-order valence-electron chi connectivity index (χ3n) is 1.55. The van der Waals surface area contributed by atoms with Gasteiger partial charge in [-0.05, 0) is 16.6 Å². The molecule has 0 amide bonds. The van der Waals surface area contributed by atoms with E-state index < -0.39 is 8.07 Å². The lowest BCUT2D eigenvalue weighted by Gasteiger charge is -2.19. The first-order valence-corrected chi connectivity index (χ1v) is 6.83. The minimum atomic E-state index is -2.07. The Morgan fingerprint density at radius 2 is 1.14 bits per heavy atom. The predicted octanol–water partition coefficient (Wildman–Crippen LogP) is 2.61. The molecule has 0 spiro atoms. The van der Waals surface area contributed by atoms with Gasteiger partial charge in [-0.1, -0.05) is 21.9 Å². The lowest BCUT2D eigenvalue weighted by Crippen LogP contribution is -2.42. The molecule has 0 aliphatic heterocycles. The van der Waals surface area contributed by atoms with Crippen LogP contribution in [0.5, 0.6) is 0 Å². The van der Waals surface area contributed by atoms with Gasteiger partial charge in [0.05, 0.1) is 8.07 Å². The van der Waals surface area contributed by atoms with Gasteiger partial charge in [0.1, 0.15) is 0 Å². The van der Waals surface area contributed by atoms with Gasteiger partial charge in [0.2, 0.25) is 0 Å². The zero-order valence-electron chi connectivity index (χ0n) is 7.65. The standard InChI is InChI=1S/C4H9N9Si/c1-14(2-8-11-5,3-9-12-6)4-10-13-7/h2-4H2,1H3. The second kappa shape index (κ2) is 6.64. The fourth-order valence-corrected chi connectivity index (χ4v) is 2.27. The maximum Gasteiger partial charge on any atom is 0.0707 e. The largest absolute Gasteiger partial charge is 0.0969 e. The fraction of sp³-hybridized carbons (Fsp3) is 1.00. The molecule has 0 saturated heterocycles. The monoisotopic (exact) mass is 211 g/mol. The molecule has 0 aliphatic rings. The third kappa shape index (κ3) is 4.91. The van der Waals surface area contributed by atoms with E-state index in [0.29, 0.717) is 0 Å². The molecule has 0 heterocycles. The molecule has 0 bridgehead atoms. The van der Waals surface area contributed by atoms with Gasteiger partial charge in [-0.25, -0.2) is 0 Å². The molecule has 0 aromatic carbocycles. The molecule has 0 radical (unpaired) electrons. The van der Waals surface area contributed by atoms with E-state index in [2.05, 4.69) is 30.1 Å². The van der Waals surface area contributed by atoms with Crippen LogP contribution in [0.4, 0.5) is 0 Å². The van der Waals surface area contributed by atoms with E-state index in [4.69, 9.17) is 16.6 Å². The summed E-state index contributed by atoms with van der Waals surface area (Å²) >= 11 is 0. The van der Waals surface area contributed by atoms with Crippen molar-refractivity contribution in [3.63, 3.8) is 0 Å².